The molecule has 1 aliphatic carbocycles. The smallest absolute Gasteiger partial charge is 0.223 e. The molecule has 0 bridgehead atoms. The largest absolute Gasteiger partial charge is 0.343 e. The summed E-state index contributed by atoms with van der Waals surface area (Å²) in [4.78, 5) is 22.4. The SMILES string of the molecule is CC1(C)CCC(C)(C)c2cc(-c3csc(C4CCN(C(=O)CCN5CCNCC5)CC4)n3)ccc21. The number of nitrogens with zero attached hydrogens (tertiary/aromatic N) is 3. The van der Waals surface area contributed by atoms with Gasteiger partial charge in [0.1, 0.15) is 0 Å². The molecule has 3 heterocycles. The van der Waals surface area contributed by atoms with Crippen molar-refractivity contribution in [1.29, 1.82) is 0 Å². The van der Waals surface area contributed by atoms with Gasteiger partial charge in [-0.15, -0.1) is 11.3 Å². The van der Waals surface area contributed by atoms with Crippen molar-refractivity contribution in [2.45, 2.75) is 76.5 Å². The lowest BCUT2D eigenvalue weighted by Gasteiger charge is -2.42. The van der Waals surface area contributed by atoms with Gasteiger partial charge >= 0.3 is 0 Å². The van der Waals surface area contributed by atoms with Gasteiger partial charge in [-0.2, -0.15) is 0 Å². The maximum Gasteiger partial charge on any atom is 0.223 e. The van der Waals surface area contributed by atoms with Crippen LogP contribution in [-0.2, 0) is 15.6 Å². The van der Waals surface area contributed by atoms with Crippen LogP contribution in [0, 0.1) is 0 Å². The summed E-state index contributed by atoms with van der Waals surface area (Å²) in [5.41, 5.74) is 5.81. The second-order valence-electron chi connectivity index (χ2n) is 12.1. The molecule has 2 fully saturated rings. The van der Waals surface area contributed by atoms with E-state index in [1.807, 2.05) is 0 Å². The molecule has 2 saturated heterocycles. The van der Waals surface area contributed by atoms with Crippen molar-refractivity contribution in [2.75, 3.05) is 45.8 Å². The molecule has 1 aromatic carbocycles. The summed E-state index contributed by atoms with van der Waals surface area (Å²) >= 11 is 1.80. The van der Waals surface area contributed by atoms with Gasteiger partial charge in [0.15, 0.2) is 0 Å². The van der Waals surface area contributed by atoms with Crippen molar-refractivity contribution >= 4 is 17.2 Å². The van der Waals surface area contributed by atoms with E-state index in [0.29, 0.717) is 18.2 Å². The van der Waals surface area contributed by atoms with Crippen LogP contribution >= 0.6 is 11.3 Å². The molecular formula is C29H42N4OS. The number of rotatable bonds is 5. The molecule has 2 aliphatic heterocycles. The third kappa shape index (κ3) is 5.35. The zero-order valence-corrected chi connectivity index (χ0v) is 22.8. The minimum absolute atomic E-state index is 0.212. The number of thiazole rings is 1. The maximum absolute atomic E-state index is 12.8. The van der Waals surface area contributed by atoms with Gasteiger partial charge in [0, 0.05) is 69.1 Å². The van der Waals surface area contributed by atoms with Gasteiger partial charge in [0.2, 0.25) is 5.91 Å². The first kappa shape index (κ1) is 24.9. The van der Waals surface area contributed by atoms with E-state index in [1.54, 1.807) is 11.3 Å². The second-order valence-corrected chi connectivity index (χ2v) is 13.0. The molecule has 1 aromatic heterocycles. The van der Waals surface area contributed by atoms with Crippen LogP contribution in [0.5, 0.6) is 0 Å². The summed E-state index contributed by atoms with van der Waals surface area (Å²) in [5.74, 6) is 0.792. The zero-order valence-electron chi connectivity index (χ0n) is 22.0. The van der Waals surface area contributed by atoms with Gasteiger partial charge in [-0.3, -0.25) is 4.79 Å². The summed E-state index contributed by atoms with van der Waals surface area (Å²) in [6.07, 6.45) is 5.17. The molecule has 35 heavy (non-hydrogen) atoms. The van der Waals surface area contributed by atoms with Crippen molar-refractivity contribution < 1.29 is 4.79 Å². The Morgan fingerprint density at radius 3 is 2.43 bits per heavy atom. The van der Waals surface area contributed by atoms with Crippen LogP contribution in [0.4, 0.5) is 0 Å². The summed E-state index contributed by atoms with van der Waals surface area (Å²) in [6, 6.07) is 7.05. The summed E-state index contributed by atoms with van der Waals surface area (Å²) in [6.45, 7) is 16.3. The second kappa shape index (κ2) is 9.95. The van der Waals surface area contributed by atoms with E-state index in [2.05, 4.69) is 66.4 Å². The van der Waals surface area contributed by atoms with E-state index in [9.17, 15) is 4.79 Å². The number of carbonyl (C=O) groups excluding carboxylic acids is 1. The first-order valence-electron chi connectivity index (χ1n) is 13.5. The van der Waals surface area contributed by atoms with Crippen LogP contribution in [0.2, 0.25) is 0 Å². The highest BCUT2D eigenvalue weighted by Crippen LogP contribution is 2.47. The van der Waals surface area contributed by atoms with E-state index >= 15 is 0 Å². The van der Waals surface area contributed by atoms with E-state index in [1.165, 1.54) is 34.5 Å². The van der Waals surface area contributed by atoms with Crippen LogP contribution < -0.4 is 5.32 Å². The predicted molar refractivity (Wildman–Crippen MR) is 145 cm³/mol. The van der Waals surface area contributed by atoms with Crippen LogP contribution in [0.3, 0.4) is 0 Å². The Morgan fingerprint density at radius 1 is 1.03 bits per heavy atom. The highest BCUT2D eigenvalue weighted by molar-refractivity contribution is 7.10. The molecular weight excluding hydrogens is 452 g/mol. The average molecular weight is 495 g/mol. The first-order chi connectivity index (χ1) is 16.7. The maximum atomic E-state index is 12.8. The number of piperazine rings is 1. The van der Waals surface area contributed by atoms with Gasteiger partial charge in [-0.05, 0) is 53.7 Å². The van der Waals surface area contributed by atoms with E-state index < -0.39 is 0 Å². The molecule has 5 nitrogen and oxygen atoms in total. The van der Waals surface area contributed by atoms with Crippen LogP contribution in [0.15, 0.2) is 23.6 Å². The normalized spacial score (nSPS) is 22.7. The van der Waals surface area contributed by atoms with Gasteiger partial charge < -0.3 is 15.1 Å². The van der Waals surface area contributed by atoms with Crippen molar-refractivity contribution in [1.82, 2.24) is 20.1 Å². The Balaban J connectivity index is 1.20. The molecule has 1 N–H and O–H groups in total. The number of carbonyl (C=O) groups is 1. The van der Waals surface area contributed by atoms with Crippen molar-refractivity contribution in [2.24, 2.45) is 0 Å². The molecule has 2 aromatic rings. The Kier molecular flexibility index (Phi) is 7.08. The Bertz CT molecular complexity index is 1040. The number of fused-ring (bicyclic) bond motifs is 1. The molecule has 3 aliphatic rings. The van der Waals surface area contributed by atoms with Gasteiger partial charge in [-0.1, -0.05) is 39.8 Å². The minimum atomic E-state index is 0.212. The standard InChI is InChI=1S/C29H42N4OS/c1-28(2)10-11-29(3,4)24-19-22(5-6-23(24)28)25-20-35-27(31-25)21-7-15-33(16-8-21)26(34)9-14-32-17-12-30-13-18-32/h5-6,19-21,30H,7-18H2,1-4H3. The number of likely N-dealkylation sites (tertiary alicyclic amines) is 1. The molecule has 190 valence electrons. The van der Waals surface area contributed by atoms with Gasteiger partial charge in [0.25, 0.3) is 0 Å². The number of piperidine rings is 1. The molecule has 1 amide bonds. The van der Waals surface area contributed by atoms with Crippen molar-refractivity contribution in [3.05, 3.63) is 39.7 Å². The fourth-order valence-electron chi connectivity index (χ4n) is 6.08. The molecule has 0 spiro atoms. The lowest BCUT2D eigenvalue weighted by atomic mass is 9.63. The Hall–Kier alpha value is -1.76. The van der Waals surface area contributed by atoms with Crippen LogP contribution in [0.1, 0.15) is 81.9 Å². The molecule has 0 radical (unpaired) electrons. The highest BCUT2D eigenvalue weighted by atomic mass is 32.1. The monoisotopic (exact) mass is 494 g/mol. The lowest BCUT2D eigenvalue weighted by Crippen LogP contribution is -2.45. The number of amides is 1. The first-order valence-corrected chi connectivity index (χ1v) is 14.4. The summed E-state index contributed by atoms with van der Waals surface area (Å²) in [7, 11) is 0. The number of benzene rings is 1. The highest BCUT2D eigenvalue weighted by Gasteiger charge is 2.37. The Labute approximate surface area is 215 Å². The average Bonchev–Trinajstić information content (AvgIpc) is 3.36. The predicted octanol–water partition coefficient (Wildman–Crippen LogP) is 5.16. The van der Waals surface area contributed by atoms with Crippen LogP contribution in [-0.4, -0.2) is 66.5 Å². The van der Waals surface area contributed by atoms with E-state index in [4.69, 9.17) is 4.98 Å². The third-order valence-corrected chi connectivity index (χ3v) is 9.73. The van der Waals surface area contributed by atoms with Crippen molar-refractivity contribution in [3.63, 3.8) is 0 Å². The number of nitrogens with one attached hydrogen (secondary N) is 1. The lowest BCUT2D eigenvalue weighted by molar-refractivity contribution is -0.132. The van der Waals surface area contributed by atoms with E-state index in [-0.39, 0.29) is 10.8 Å². The molecule has 0 atom stereocenters. The van der Waals surface area contributed by atoms with Crippen molar-refractivity contribution in [3.8, 4) is 11.3 Å². The van der Waals surface area contributed by atoms with Crippen LogP contribution in [0.25, 0.3) is 11.3 Å². The van der Waals surface area contributed by atoms with Gasteiger partial charge in [-0.25, -0.2) is 4.98 Å². The fraction of sp³-hybridized carbons (Fsp3) is 0.655. The topological polar surface area (TPSA) is 48.5 Å². The quantitative estimate of drug-likeness (QED) is 0.624. The van der Waals surface area contributed by atoms with Gasteiger partial charge in [0.05, 0.1) is 10.7 Å². The number of hydrogen-bond acceptors (Lipinski definition) is 5. The molecule has 5 rings (SSSR count). The Morgan fingerprint density at radius 2 is 1.71 bits per heavy atom. The molecule has 6 heteroatoms. The summed E-state index contributed by atoms with van der Waals surface area (Å²) < 4.78 is 0. The minimum Gasteiger partial charge on any atom is -0.343 e. The number of hydrogen-bond donors (Lipinski definition) is 1. The zero-order chi connectivity index (χ0) is 24.6. The molecule has 0 saturated carbocycles. The number of aromatic nitrogens is 1. The summed E-state index contributed by atoms with van der Waals surface area (Å²) in [5, 5.41) is 6.86. The van der Waals surface area contributed by atoms with E-state index in [0.717, 1.165) is 64.3 Å². The third-order valence-electron chi connectivity index (χ3n) is 8.72. The molecule has 0 unspecified atom stereocenters. The fourth-order valence-corrected chi connectivity index (χ4v) is 7.08.